The smallest absolute Gasteiger partial charge is 0.250 e. The Bertz CT molecular complexity index is 476. The Morgan fingerprint density at radius 1 is 1.33 bits per heavy atom. The van der Waals surface area contributed by atoms with E-state index in [0.29, 0.717) is 10.8 Å². The largest absolute Gasteiger partial charge is 0.316 e. The highest BCUT2D eigenvalue weighted by molar-refractivity contribution is 7.91. The molecule has 102 valence electrons. The second-order valence-electron chi connectivity index (χ2n) is 4.76. The van der Waals surface area contributed by atoms with Crippen molar-refractivity contribution >= 4 is 21.4 Å². The number of hydrogen-bond donors (Lipinski definition) is 2. The topological polar surface area (TPSA) is 58.2 Å². The van der Waals surface area contributed by atoms with Crippen molar-refractivity contribution in [2.45, 2.75) is 48.9 Å². The summed E-state index contributed by atoms with van der Waals surface area (Å²) < 4.78 is 27.7. The van der Waals surface area contributed by atoms with Crippen LogP contribution in [0.5, 0.6) is 0 Å². The molecule has 1 saturated carbocycles. The standard InChI is InChI=1S/C12H20N2O2S2/c1-13-8-10-7-12(17-9-10)18(15,16)14-11-5-3-2-4-6-11/h7,9,11,13-14H,2-6,8H2,1H3. The van der Waals surface area contributed by atoms with Gasteiger partial charge in [0.25, 0.3) is 0 Å². The van der Waals surface area contributed by atoms with Crippen molar-refractivity contribution in [3.63, 3.8) is 0 Å². The van der Waals surface area contributed by atoms with Gasteiger partial charge >= 0.3 is 0 Å². The van der Waals surface area contributed by atoms with E-state index in [2.05, 4.69) is 10.0 Å². The van der Waals surface area contributed by atoms with E-state index in [4.69, 9.17) is 0 Å². The van der Waals surface area contributed by atoms with E-state index < -0.39 is 10.0 Å². The van der Waals surface area contributed by atoms with Crippen LogP contribution in [0.15, 0.2) is 15.7 Å². The third-order valence-corrected chi connectivity index (χ3v) is 6.21. The first-order chi connectivity index (χ1) is 8.62. The average Bonchev–Trinajstić information content (AvgIpc) is 2.80. The Hall–Kier alpha value is -0.430. The number of sulfonamides is 1. The van der Waals surface area contributed by atoms with Gasteiger partial charge in [0.15, 0.2) is 0 Å². The van der Waals surface area contributed by atoms with Gasteiger partial charge in [-0.25, -0.2) is 13.1 Å². The lowest BCUT2D eigenvalue weighted by molar-refractivity contribution is 0.412. The molecule has 1 aromatic rings. The van der Waals surface area contributed by atoms with Gasteiger partial charge in [0.1, 0.15) is 4.21 Å². The van der Waals surface area contributed by atoms with E-state index >= 15 is 0 Å². The zero-order valence-electron chi connectivity index (χ0n) is 10.6. The van der Waals surface area contributed by atoms with Crippen LogP contribution in [-0.4, -0.2) is 21.5 Å². The molecule has 1 aliphatic rings. The summed E-state index contributed by atoms with van der Waals surface area (Å²) in [5.74, 6) is 0. The Labute approximate surface area is 113 Å². The number of thiophene rings is 1. The first kappa shape index (κ1) is 14.0. The summed E-state index contributed by atoms with van der Waals surface area (Å²) in [7, 11) is -1.46. The van der Waals surface area contributed by atoms with Crippen molar-refractivity contribution in [1.29, 1.82) is 0 Å². The third kappa shape index (κ3) is 3.54. The summed E-state index contributed by atoms with van der Waals surface area (Å²) in [6.07, 6.45) is 5.41. The molecule has 18 heavy (non-hydrogen) atoms. The summed E-state index contributed by atoms with van der Waals surface area (Å²) >= 11 is 1.29. The van der Waals surface area contributed by atoms with E-state index in [9.17, 15) is 8.42 Å². The van der Waals surface area contributed by atoms with Crippen LogP contribution < -0.4 is 10.0 Å². The van der Waals surface area contributed by atoms with Gasteiger partial charge in [0.05, 0.1) is 0 Å². The highest BCUT2D eigenvalue weighted by Crippen LogP contribution is 2.23. The summed E-state index contributed by atoms with van der Waals surface area (Å²) in [5.41, 5.74) is 1.02. The van der Waals surface area contributed by atoms with Crippen LogP contribution in [0.4, 0.5) is 0 Å². The maximum Gasteiger partial charge on any atom is 0.250 e. The fraction of sp³-hybridized carbons (Fsp3) is 0.667. The van der Waals surface area contributed by atoms with Gasteiger partial charge in [0.2, 0.25) is 10.0 Å². The quantitative estimate of drug-likeness (QED) is 0.872. The van der Waals surface area contributed by atoms with E-state index in [0.717, 1.165) is 31.2 Å². The first-order valence-corrected chi connectivity index (χ1v) is 8.72. The van der Waals surface area contributed by atoms with Crippen molar-refractivity contribution in [3.8, 4) is 0 Å². The lowest BCUT2D eigenvalue weighted by atomic mass is 9.96. The fourth-order valence-electron chi connectivity index (χ4n) is 2.29. The van der Waals surface area contributed by atoms with Gasteiger partial charge in [-0.05, 0) is 36.9 Å². The molecule has 0 aliphatic heterocycles. The minimum atomic E-state index is -3.32. The normalized spacial score (nSPS) is 18.1. The highest BCUT2D eigenvalue weighted by atomic mass is 32.2. The van der Waals surface area contributed by atoms with E-state index in [1.807, 2.05) is 12.4 Å². The van der Waals surface area contributed by atoms with Crippen LogP contribution in [-0.2, 0) is 16.6 Å². The van der Waals surface area contributed by atoms with Crippen molar-refractivity contribution in [3.05, 3.63) is 17.0 Å². The maximum atomic E-state index is 12.2. The van der Waals surface area contributed by atoms with Gasteiger partial charge in [-0.2, -0.15) is 0 Å². The molecule has 0 bridgehead atoms. The molecule has 1 aromatic heterocycles. The minimum absolute atomic E-state index is 0.124. The molecule has 0 spiro atoms. The molecule has 2 N–H and O–H groups in total. The van der Waals surface area contributed by atoms with Gasteiger partial charge in [0, 0.05) is 12.6 Å². The molecule has 1 fully saturated rings. The molecule has 0 unspecified atom stereocenters. The zero-order chi connectivity index (χ0) is 13.0. The monoisotopic (exact) mass is 288 g/mol. The van der Waals surface area contributed by atoms with E-state index in [1.165, 1.54) is 17.8 Å². The van der Waals surface area contributed by atoms with Crippen molar-refractivity contribution < 1.29 is 8.42 Å². The Morgan fingerprint density at radius 2 is 2.06 bits per heavy atom. The summed E-state index contributed by atoms with van der Waals surface area (Å²) in [5, 5.41) is 4.92. The molecule has 0 radical (unpaired) electrons. The van der Waals surface area contributed by atoms with E-state index in [1.54, 1.807) is 6.07 Å². The Balaban J connectivity index is 2.04. The summed E-state index contributed by atoms with van der Waals surface area (Å²) in [6.45, 7) is 0.704. The molecule has 0 amide bonds. The molecule has 4 nitrogen and oxygen atoms in total. The molecule has 6 heteroatoms. The third-order valence-electron chi connectivity index (χ3n) is 3.20. The molecular formula is C12H20N2O2S2. The number of nitrogens with one attached hydrogen (secondary N) is 2. The summed E-state index contributed by atoms with van der Waals surface area (Å²) in [4.78, 5) is 0. The SMILES string of the molecule is CNCc1csc(S(=O)(=O)NC2CCCCC2)c1. The molecule has 1 heterocycles. The second kappa shape index (κ2) is 6.14. The van der Waals surface area contributed by atoms with Gasteiger partial charge < -0.3 is 5.32 Å². The lowest BCUT2D eigenvalue weighted by Gasteiger charge is -2.22. The first-order valence-electron chi connectivity index (χ1n) is 6.36. The molecule has 0 saturated heterocycles. The van der Waals surface area contributed by atoms with Crippen LogP contribution in [0.25, 0.3) is 0 Å². The molecule has 1 aliphatic carbocycles. The van der Waals surface area contributed by atoms with Crippen LogP contribution in [0.3, 0.4) is 0 Å². The van der Waals surface area contributed by atoms with Crippen molar-refractivity contribution in [2.24, 2.45) is 0 Å². The fourth-order valence-corrected chi connectivity index (χ4v) is 4.82. The van der Waals surface area contributed by atoms with Crippen LogP contribution in [0.1, 0.15) is 37.7 Å². The van der Waals surface area contributed by atoms with Crippen molar-refractivity contribution in [1.82, 2.24) is 10.0 Å². The Kier molecular flexibility index (Phi) is 4.77. The number of hydrogen-bond acceptors (Lipinski definition) is 4. The zero-order valence-corrected chi connectivity index (χ0v) is 12.2. The average molecular weight is 288 g/mol. The van der Waals surface area contributed by atoms with E-state index in [-0.39, 0.29) is 6.04 Å². The van der Waals surface area contributed by atoms with Gasteiger partial charge in [-0.15, -0.1) is 11.3 Å². The van der Waals surface area contributed by atoms with Gasteiger partial charge in [-0.3, -0.25) is 0 Å². The molecule has 2 rings (SSSR count). The minimum Gasteiger partial charge on any atom is -0.316 e. The lowest BCUT2D eigenvalue weighted by Crippen LogP contribution is -2.35. The number of rotatable bonds is 5. The van der Waals surface area contributed by atoms with Crippen LogP contribution in [0, 0.1) is 0 Å². The maximum absolute atomic E-state index is 12.2. The highest BCUT2D eigenvalue weighted by Gasteiger charge is 2.23. The summed E-state index contributed by atoms with van der Waals surface area (Å²) in [6, 6.07) is 1.88. The van der Waals surface area contributed by atoms with Crippen molar-refractivity contribution in [2.75, 3.05) is 7.05 Å². The predicted octanol–water partition coefficient (Wildman–Crippen LogP) is 2.08. The van der Waals surface area contributed by atoms with Crippen LogP contribution in [0.2, 0.25) is 0 Å². The Morgan fingerprint density at radius 3 is 2.72 bits per heavy atom. The molecular weight excluding hydrogens is 268 g/mol. The predicted molar refractivity (Wildman–Crippen MR) is 74.3 cm³/mol. The molecule has 0 aromatic carbocycles. The van der Waals surface area contributed by atoms with Crippen LogP contribution >= 0.6 is 11.3 Å². The van der Waals surface area contributed by atoms with Gasteiger partial charge in [-0.1, -0.05) is 19.3 Å². The molecule has 0 atom stereocenters. The second-order valence-corrected chi connectivity index (χ2v) is 7.61.